The average Bonchev–Trinajstić information content (AvgIpc) is 3.16. The van der Waals surface area contributed by atoms with Gasteiger partial charge in [-0.25, -0.2) is 4.79 Å². The maximum atomic E-state index is 12.7. The van der Waals surface area contributed by atoms with Gasteiger partial charge in [-0.15, -0.1) is 0 Å². The summed E-state index contributed by atoms with van der Waals surface area (Å²) in [6.07, 6.45) is 0. The Morgan fingerprint density at radius 2 is 1.38 bits per heavy atom. The molecule has 34 heavy (non-hydrogen) atoms. The number of nitrogens with zero attached hydrogens (tertiary/aromatic N) is 1. The van der Waals surface area contributed by atoms with Gasteiger partial charge in [-0.3, -0.25) is 4.57 Å². The van der Waals surface area contributed by atoms with E-state index in [-0.39, 0.29) is 5.69 Å². The molecule has 0 radical (unpaired) electrons. The van der Waals surface area contributed by atoms with Crippen molar-refractivity contribution < 1.29 is 4.74 Å². The largest absolute Gasteiger partial charge is 0.372 e. The predicted octanol–water partition coefficient (Wildman–Crippen LogP) is 6.38. The third-order valence-electron chi connectivity index (χ3n) is 6.44. The van der Waals surface area contributed by atoms with Crippen LogP contribution in [0, 0.1) is 13.8 Å². The zero-order valence-corrected chi connectivity index (χ0v) is 19.5. The molecule has 4 nitrogen and oxygen atoms in total. The molecule has 5 rings (SSSR count). The van der Waals surface area contributed by atoms with Gasteiger partial charge in [-0.1, -0.05) is 78.9 Å². The van der Waals surface area contributed by atoms with Gasteiger partial charge in [0, 0.05) is 0 Å². The molecule has 170 valence electrons. The van der Waals surface area contributed by atoms with E-state index >= 15 is 0 Å². The number of aryl methyl sites for hydroxylation is 2. The Labute approximate surface area is 199 Å². The molecule has 0 amide bonds. The van der Waals surface area contributed by atoms with E-state index in [4.69, 9.17) is 4.74 Å². The van der Waals surface area contributed by atoms with Gasteiger partial charge in [0.2, 0.25) is 0 Å². The number of rotatable bonds is 7. The van der Waals surface area contributed by atoms with Gasteiger partial charge in [0.25, 0.3) is 0 Å². The number of hydrogen-bond acceptors (Lipinski definition) is 2. The van der Waals surface area contributed by atoms with Crippen molar-refractivity contribution in [3.8, 4) is 11.1 Å². The van der Waals surface area contributed by atoms with E-state index in [0.717, 1.165) is 33.3 Å². The van der Waals surface area contributed by atoms with Crippen molar-refractivity contribution >= 4 is 11.0 Å². The smallest absolute Gasteiger partial charge is 0.326 e. The highest BCUT2D eigenvalue weighted by Crippen LogP contribution is 2.24. The number of nitrogens with one attached hydrogen (secondary N) is 1. The molecule has 1 heterocycles. The first kappa shape index (κ1) is 21.9. The Hall–Kier alpha value is -3.89. The zero-order valence-electron chi connectivity index (χ0n) is 19.5. The maximum Gasteiger partial charge on any atom is 0.326 e. The number of benzene rings is 4. The predicted molar refractivity (Wildman–Crippen MR) is 138 cm³/mol. The lowest BCUT2D eigenvalue weighted by atomic mass is 10.0. The van der Waals surface area contributed by atoms with Crippen LogP contribution in [0.3, 0.4) is 0 Å². The van der Waals surface area contributed by atoms with E-state index in [1.807, 2.05) is 30.3 Å². The first-order chi connectivity index (χ1) is 16.6. The molecular weight excluding hydrogens is 420 g/mol. The third-order valence-corrected chi connectivity index (χ3v) is 6.44. The highest BCUT2D eigenvalue weighted by molar-refractivity contribution is 5.82. The van der Waals surface area contributed by atoms with Crippen molar-refractivity contribution in [2.24, 2.45) is 0 Å². The molecule has 0 saturated heterocycles. The van der Waals surface area contributed by atoms with Crippen molar-refractivity contribution in [2.75, 3.05) is 0 Å². The Balaban J connectivity index is 1.31. The second-order valence-electron chi connectivity index (χ2n) is 8.79. The van der Waals surface area contributed by atoms with Gasteiger partial charge in [-0.05, 0) is 64.9 Å². The van der Waals surface area contributed by atoms with Crippen LogP contribution in [-0.4, -0.2) is 9.55 Å². The van der Waals surface area contributed by atoms with E-state index in [0.29, 0.717) is 19.8 Å². The molecule has 0 aliphatic carbocycles. The van der Waals surface area contributed by atoms with Crippen LogP contribution in [0.5, 0.6) is 0 Å². The lowest BCUT2D eigenvalue weighted by molar-refractivity contribution is 0.107. The Bertz CT molecular complexity index is 1490. The number of hydrogen-bond donors (Lipinski definition) is 1. The molecule has 0 spiro atoms. The molecule has 5 aromatic rings. The number of fused-ring (bicyclic) bond motifs is 1. The summed E-state index contributed by atoms with van der Waals surface area (Å²) in [7, 11) is 0. The van der Waals surface area contributed by atoms with Crippen molar-refractivity contribution in [3.63, 3.8) is 0 Å². The fourth-order valence-corrected chi connectivity index (χ4v) is 4.30. The minimum atomic E-state index is -0.0865. The Kier molecular flexibility index (Phi) is 6.15. The fraction of sp³-hybridized carbons (Fsp3) is 0.167. The minimum absolute atomic E-state index is 0.0865. The average molecular weight is 449 g/mol. The van der Waals surface area contributed by atoms with Gasteiger partial charge < -0.3 is 9.72 Å². The van der Waals surface area contributed by atoms with Crippen molar-refractivity contribution in [3.05, 3.63) is 129 Å². The number of aromatic nitrogens is 2. The first-order valence-electron chi connectivity index (χ1n) is 11.6. The van der Waals surface area contributed by atoms with Gasteiger partial charge in [0.1, 0.15) is 0 Å². The van der Waals surface area contributed by atoms with Gasteiger partial charge in [0.15, 0.2) is 0 Å². The summed E-state index contributed by atoms with van der Waals surface area (Å²) in [5.74, 6) is 0. The summed E-state index contributed by atoms with van der Waals surface area (Å²) in [6, 6.07) is 31.0. The molecule has 1 N–H and O–H groups in total. The summed E-state index contributed by atoms with van der Waals surface area (Å²) in [5, 5.41) is 0. The minimum Gasteiger partial charge on any atom is -0.372 e. The van der Waals surface area contributed by atoms with Crippen LogP contribution in [0.15, 0.2) is 95.8 Å². The van der Waals surface area contributed by atoms with Crippen LogP contribution in [0.2, 0.25) is 0 Å². The summed E-state index contributed by atoms with van der Waals surface area (Å²) >= 11 is 0. The van der Waals surface area contributed by atoms with Crippen LogP contribution in [0.25, 0.3) is 22.2 Å². The Morgan fingerprint density at radius 1 is 0.735 bits per heavy atom. The molecule has 0 bridgehead atoms. The van der Waals surface area contributed by atoms with Gasteiger partial charge in [0.05, 0.1) is 30.8 Å². The molecule has 4 heteroatoms. The highest BCUT2D eigenvalue weighted by atomic mass is 16.5. The molecule has 4 aromatic carbocycles. The van der Waals surface area contributed by atoms with E-state index < -0.39 is 0 Å². The second kappa shape index (κ2) is 9.54. The van der Waals surface area contributed by atoms with Crippen LogP contribution >= 0.6 is 0 Å². The standard InChI is InChI=1S/C30H28N2O2/c1-21-7-3-5-9-26(21)18-32-29-16-15-25(17-28(29)31-30(32)33)24-13-11-23(12-14-24)19-34-20-27-10-6-4-8-22(27)2/h3-17H,18-20H2,1-2H3,(H,31,33). The van der Waals surface area contributed by atoms with E-state index in [2.05, 4.69) is 79.5 Å². The fourth-order valence-electron chi connectivity index (χ4n) is 4.30. The number of H-pyrrole nitrogens is 1. The van der Waals surface area contributed by atoms with E-state index in [1.165, 1.54) is 16.7 Å². The van der Waals surface area contributed by atoms with Crippen LogP contribution in [-0.2, 0) is 24.5 Å². The van der Waals surface area contributed by atoms with Crippen LogP contribution < -0.4 is 5.69 Å². The van der Waals surface area contributed by atoms with Gasteiger partial charge in [-0.2, -0.15) is 0 Å². The summed E-state index contributed by atoms with van der Waals surface area (Å²) in [4.78, 5) is 15.7. The SMILES string of the molecule is Cc1ccccc1COCc1ccc(-c2ccc3c(c2)[nH]c(=O)n3Cc2ccccc2C)cc1. The summed E-state index contributed by atoms with van der Waals surface area (Å²) in [6.45, 7) is 5.92. The number of aromatic amines is 1. The molecule has 0 unspecified atom stereocenters. The molecule has 0 saturated carbocycles. The quantitative estimate of drug-likeness (QED) is 0.314. The number of ether oxygens (including phenoxy) is 1. The van der Waals surface area contributed by atoms with Crippen molar-refractivity contribution in [2.45, 2.75) is 33.6 Å². The molecule has 0 atom stereocenters. The lowest BCUT2D eigenvalue weighted by Crippen LogP contribution is -2.17. The normalized spacial score (nSPS) is 11.2. The van der Waals surface area contributed by atoms with Crippen molar-refractivity contribution in [1.29, 1.82) is 0 Å². The van der Waals surface area contributed by atoms with E-state index in [9.17, 15) is 4.79 Å². The first-order valence-corrected chi connectivity index (χ1v) is 11.6. The van der Waals surface area contributed by atoms with Gasteiger partial charge >= 0.3 is 5.69 Å². The lowest BCUT2D eigenvalue weighted by Gasteiger charge is -2.09. The second-order valence-corrected chi connectivity index (χ2v) is 8.79. The molecular formula is C30H28N2O2. The highest BCUT2D eigenvalue weighted by Gasteiger charge is 2.10. The molecule has 0 aliphatic heterocycles. The molecule has 0 fully saturated rings. The topological polar surface area (TPSA) is 47.0 Å². The Morgan fingerprint density at radius 3 is 2.09 bits per heavy atom. The maximum absolute atomic E-state index is 12.7. The summed E-state index contributed by atoms with van der Waals surface area (Å²) < 4.78 is 7.72. The third kappa shape index (κ3) is 4.59. The molecule has 0 aliphatic rings. The monoisotopic (exact) mass is 448 g/mol. The van der Waals surface area contributed by atoms with Crippen molar-refractivity contribution in [1.82, 2.24) is 9.55 Å². The zero-order chi connectivity index (χ0) is 23.5. The number of imidazole rings is 1. The van der Waals surface area contributed by atoms with E-state index in [1.54, 1.807) is 4.57 Å². The van der Waals surface area contributed by atoms with Crippen LogP contribution in [0.1, 0.15) is 27.8 Å². The molecule has 1 aromatic heterocycles. The summed E-state index contributed by atoms with van der Waals surface area (Å²) in [5.41, 5.74) is 9.79. The van der Waals surface area contributed by atoms with Crippen LogP contribution in [0.4, 0.5) is 0 Å².